The van der Waals surface area contributed by atoms with Gasteiger partial charge in [-0.05, 0) is 42.3 Å². The van der Waals surface area contributed by atoms with E-state index in [-0.39, 0.29) is 16.5 Å². The van der Waals surface area contributed by atoms with Gasteiger partial charge in [-0.15, -0.1) is 0 Å². The quantitative estimate of drug-likeness (QED) is 0.560. The van der Waals surface area contributed by atoms with Crippen molar-refractivity contribution < 1.29 is 15.0 Å². The Bertz CT molecular complexity index is 1010. The number of phenols is 2. The molecule has 3 N–H and O–H groups in total. The largest absolute Gasteiger partial charge is 0.504 e. The van der Waals surface area contributed by atoms with Crippen molar-refractivity contribution in [2.45, 2.75) is 13.0 Å². The molecule has 0 atom stereocenters. The minimum Gasteiger partial charge on any atom is -0.504 e. The van der Waals surface area contributed by atoms with E-state index in [0.717, 1.165) is 22.2 Å². The van der Waals surface area contributed by atoms with Crippen molar-refractivity contribution in [3.63, 3.8) is 0 Å². The Kier molecular flexibility index (Phi) is 3.78. The number of carbonyl (C=O) groups is 1. The summed E-state index contributed by atoms with van der Waals surface area (Å²) in [6.07, 6.45) is 0.682. The second kappa shape index (κ2) is 5.86. The number of carbonyl (C=O) groups excluding carboxylic acids is 1. The third kappa shape index (κ3) is 2.60. The van der Waals surface area contributed by atoms with Crippen LogP contribution in [0.3, 0.4) is 0 Å². The fourth-order valence-electron chi connectivity index (χ4n) is 3.28. The summed E-state index contributed by atoms with van der Waals surface area (Å²) in [5.41, 5.74) is 3.12. The first-order valence-electron chi connectivity index (χ1n) is 7.74. The number of amides is 1. The van der Waals surface area contributed by atoms with E-state index in [0.29, 0.717) is 24.5 Å². The van der Waals surface area contributed by atoms with Gasteiger partial charge in [0.2, 0.25) is 0 Å². The van der Waals surface area contributed by atoms with E-state index in [1.807, 2.05) is 18.2 Å². The van der Waals surface area contributed by atoms with Crippen LogP contribution < -0.4 is 0 Å². The molecule has 0 aliphatic carbocycles. The molecule has 1 aliphatic rings. The number of H-pyrrole nitrogens is 1. The number of rotatable bonds is 1. The van der Waals surface area contributed by atoms with E-state index in [2.05, 4.69) is 4.98 Å². The molecule has 0 spiro atoms. The number of halogens is 2. The van der Waals surface area contributed by atoms with Crippen LogP contribution in [0.5, 0.6) is 11.5 Å². The molecule has 128 valence electrons. The molecule has 3 aromatic rings. The Morgan fingerprint density at radius 3 is 2.72 bits per heavy atom. The highest BCUT2D eigenvalue weighted by atomic mass is 35.5. The van der Waals surface area contributed by atoms with Crippen LogP contribution >= 0.6 is 23.2 Å². The summed E-state index contributed by atoms with van der Waals surface area (Å²) in [5.74, 6) is -1.33. The Morgan fingerprint density at radius 2 is 1.92 bits per heavy atom. The van der Waals surface area contributed by atoms with Crippen LogP contribution in [0.15, 0.2) is 30.3 Å². The summed E-state index contributed by atoms with van der Waals surface area (Å²) in [6, 6.07) is 8.48. The molecule has 7 heteroatoms. The summed E-state index contributed by atoms with van der Waals surface area (Å²) < 4.78 is 0. The molecule has 4 rings (SSSR count). The maximum atomic E-state index is 12.7. The average molecular weight is 377 g/mol. The Balaban J connectivity index is 1.67. The molecular weight excluding hydrogens is 363 g/mol. The molecule has 1 aromatic heterocycles. The molecule has 0 unspecified atom stereocenters. The summed E-state index contributed by atoms with van der Waals surface area (Å²) in [5, 5.41) is 21.5. The number of nitrogens with one attached hydrogen (secondary N) is 1. The summed E-state index contributed by atoms with van der Waals surface area (Å²) in [6.45, 7) is 0.900. The lowest BCUT2D eigenvalue weighted by atomic mass is 10.0. The molecule has 0 fully saturated rings. The molecule has 1 amide bonds. The number of aromatic amines is 1. The topological polar surface area (TPSA) is 76.6 Å². The molecular formula is C18H14Cl2N2O3. The maximum Gasteiger partial charge on any atom is 0.258 e. The van der Waals surface area contributed by atoms with E-state index in [4.69, 9.17) is 23.2 Å². The summed E-state index contributed by atoms with van der Waals surface area (Å²) >= 11 is 11.8. The maximum absolute atomic E-state index is 12.7. The van der Waals surface area contributed by atoms with E-state index >= 15 is 0 Å². The van der Waals surface area contributed by atoms with Gasteiger partial charge in [-0.2, -0.15) is 0 Å². The fraction of sp³-hybridized carbons (Fsp3) is 0.167. The summed E-state index contributed by atoms with van der Waals surface area (Å²) in [7, 11) is 0. The monoisotopic (exact) mass is 376 g/mol. The van der Waals surface area contributed by atoms with Crippen LogP contribution in [0, 0.1) is 0 Å². The number of aromatic nitrogens is 1. The molecule has 2 aromatic carbocycles. The van der Waals surface area contributed by atoms with Gasteiger partial charge in [-0.3, -0.25) is 4.79 Å². The number of hydrogen-bond donors (Lipinski definition) is 3. The van der Waals surface area contributed by atoms with Gasteiger partial charge >= 0.3 is 0 Å². The molecule has 0 bridgehead atoms. The van der Waals surface area contributed by atoms with Gasteiger partial charge in [0.25, 0.3) is 5.91 Å². The van der Waals surface area contributed by atoms with Crippen LogP contribution in [0.1, 0.15) is 21.6 Å². The smallest absolute Gasteiger partial charge is 0.258 e. The van der Waals surface area contributed by atoms with Crippen LogP contribution in [0.4, 0.5) is 0 Å². The molecule has 0 saturated heterocycles. The molecule has 0 radical (unpaired) electrons. The minimum atomic E-state index is -0.494. The Labute approximate surface area is 153 Å². The van der Waals surface area contributed by atoms with Gasteiger partial charge in [0, 0.05) is 28.2 Å². The zero-order chi connectivity index (χ0) is 17.7. The van der Waals surface area contributed by atoms with Crippen molar-refractivity contribution in [3.05, 3.63) is 57.2 Å². The third-order valence-corrected chi connectivity index (χ3v) is 5.10. The second-order valence-electron chi connectivity index (χ2n) is 6.04. The Hall–Kier alpha value is -2.37. The first-order chi connectivity index (χ1) is 12.0. The molecule has 2 heterocycles. The van der Waals surface area contributed by atoms with Gasteiger partial charge < -0.3 is 20.1 Å². The normalized spacial score (nSPS) is 13.9. The van der Waals surface area contributed by atoms with Crippen molar-refractivity contribution in [1.29, 1.82) is 0 Å². The van der Waals surface area contributed by atoms with Gasteiger partial charge in [-0.25, -0.2) is 0 Å². The van der Waals surface area contributed by atoms with Gasteiger partial charge in [-0.1, -0.05) is 23.2 Å². The van der Waals surface area contributed by atoms with Crippen molar-refractivity contribution in [3.8, 4) is 11.5 Å². The third-order valence-electron chi connectivity index (χ3n) is 4.56. The first-order valence-corrected chi connectivity index (χ1v) is 8.50. The van der Waals surface area contributed by atoms with E-state index < -0.39 is 11.5 Å². The predicted octanol–water partition coefficient (Wildman–Crippen LogP) is 4.08. The summed E-state index contributed by atoms with van der Waals surface area (Å²) in [4.78, 5) is 17.7. The average Bonchev–Trinajstić information content (AvgIpc) is 2.96. The molecule has 5 nitrogen and oxygen atoms in total. The van der Waals surface area contributed by atoms with Crippen LogP contribution in [-0.2, 0) is 13.0 Å². The lowest BCUT2D eigenvalue weighted by Gasteiger charge is -2.27. The minimum absolute atomic E-state index is 0.00229. The van der Waals surface area contributed by atoms with Crippen LogP contribution in [-0.4, -0.2) is 32.5 Å². The van der Waals surface area contributed by atoms with Crippen LogP contribution in [0.2, 0.25) is 10.0 Å². The predicted molar refractivity (Wildman–Crippen MR) is 96.5 cm³/mol. The van der Waals surface area contributed by atoms with Crippen LogP contribution in [0.25, 0.3) is 10.9 Å². The SMILES string of the molecule is O=C(c1ccc(Cl)c(O)c1O)N1CCc2c([nH]c3ccc(Cl)cc23)C1. The molecule has 0 saturated carbocycles. The highest BCUT2D eigenvalue weighted by Crippen LogP contribution is 2.37. The number of nitrogens with zero attached hydrogens (tertiary/aromatic N) is 1. The number of aromatic hydroxyl groups is 2. The number of benzene rings is 2. The standard InChI is InChI=1S/C18H14Cl2N2O3/c19-9-1-4-14-12(7-9)10-5-6-22(8-15(10)21-14)18(25)11-2-3-13(20)17(24)16(11)23/h1-4,7,21,23-24H,5-6,8H2. The van der Waals surface area contributed by atoms with E-state index in [9.17, 15) is 15.0 Å². The molecule has 25 heavy (non-hydrogen) atoms. The lowest BCUT2D eigenvalue weighted by molar-refractivity contribution is 0.0729. The van der Waals surface area contributed by atoms with Gasteiger partial charge in [0.05, 0.1) is 17.1 Å². The van der Waals surface area contributed by atoms with Crippen molar-refractivity contribution in [1.82, 2.24) is 9.88 Å². The Morgan fingerprint density at radius 1 is 1.12 bits per heavy atom. The number of hydrogen-bond acceptors (Lipinski definition) is 3. The van der Waals surface area contributed by atoms with E-state index in [1.54, 1.807) is 4.90 Å². The number of fused-ring (bicyclic) bond motifs is 3. The van der Waals surface area contributed by atoms with Crippen molar-refractivity contribution in [2.75, 3.05) is 6.54 Å². The first kappa shape index (κ1) is 16.1. The van der Waals surface area contributed by atoms with Crippen molar-refractivity contribution in [2.24, 2.45) is 0 Å². The van der Waals surface area contributed by atoms with Crippen molar-refractivity contribution >= 4 is 40.0 Å². The zero-order valence-corrected chi connectivity index (χ0v) is 14.5. The lowest BCUT2D eigenvalue weighted by Crippen LogP contribution is -2.35. The highest BCUT2D eigenvalue weighted by Gasteiger charge is 2.27. The van der Waals surface area contributed by atoms with E-state index in [1.165, 1.54) is 12.1 Å². The zero-order valence-electron chi connectivity index (χ0n) is 13.0. The van der Waals surface area contributed by atoms with Gasteiger partial charge in [0.1, 0.15) is 0 Å². The second-order valence-corrected chi connectivity index (χ2v) is 6.88. The number of phenolic OH excluding ortho intramolecular Hbond substituents is 2. The van der Waals surface area contributed by atoms with Gasteiger partial charge in [0.15, 0.2) is 11.5 Å². The highest BCUT2D eigenvalue weighted by molar-refractivity contribution is 6.32. The molecule has 1 aliphatic heterocycles. The fourth-order valence-corrected chi connectivity index (χ4v) is 3.61.